The molecule has 0 radical (unpaired) electrons. The van der Waals surface area contributed by atoms with Gasteiger partial charge in [0.05, 0.1) is 5.69 Å². The average Bonchev–Trinajstić information content (AvgIpc) is 3.42. The van der Waals surface area contributed by atoms with Gasteiger partial charge in [-0.05, 0) is 18.9 Å². The summed E-state index contributed by atoms with van der Waals surface area (Å²) >= 11 is 0. The summed E-state index contributed by atoms with van der Waals surface area (Å²) in [7, 11) is 1.95. The third kappa shape index (κ3) is 3.74. The predicted molar refractivity (Wildman–Crippen MR) is 98.7 cm³/mol. The molecule has 2 aromatic rings. The molecule has 8 nitrogen and oxygen atoms in total. The molecule has 0 spiro atoms. The van der Waals surface area contributed by atoms with E-state index in [1.54, 1.807) is 17.1 Å². The smallest absolute Gasteiger partial charge is 0.244 e. The first-order chi connectivity index (χ1) is 13.1. The van der Waals surface area contributed by atoms with E-state index in [1.807, 2.05) is 27.6 Å². The van der Waals surface area contributed by atoms with Crippen molar-refractivity contribution in [1.29, 1.82) is 0 Å². The molecule has 2 aliphatic heterocycles. The number of aryl methyl sites for hydroxylation is 2. The highest BCUT2D eigenvalue weighted by Gasteiger charge is 2.27. The van der Waals surface area contributed by atoms with Gasteiger partial charge in [0, 0.05) is 76.1 Å². The summed E-state index contributed by atoms with van der Waals surface area (Å²) in [6, 6.07) is 1.82. The average molecular weight is 370 g/mol. The van der Waals surface area contributed by atoms with Gasteiger partial charge in [0.2, 0.25) is 11.8 Å². The lowest BCUT2D eigenvalue weighted by molar-refractivity contribution is -0.133. The molecule has 0 saturated carbocycles. The van der Waals surface area contributed by atoms with Crippen LogP contribution < -0.4 is 0 Å². The van der Waals surface area contributed by atoms with E-state index in [9.17, 15) is 9.59 Å². The SMILES string of the molecule is Cn1nc(CCC(=O)N2CCCC2)c2c1CCN(C(=O)Cn1cccn1)C2. The first-order valence-corrected chi connectivity index (χ1v) is 9.68. The fraction of sp³-hybridized carbons (Fsp3) is 0.579. The number of nitrogens with zero attached hydrogens (tertiary/aromatic N) is 6. The fourth-order valence-electron chi connectivity index (χ4n) is 4.07. The van der Waals surface area contributed by atoms with E-state index in [4.69, 9.17) is 0 Å². The van der Waals surface area contributed by atoms with Gasteiger partial charge in [-0.25, -0.2) is 0 Å². The van der Waals surface area contributed by atoms with E-state index in [0.29, 0.717) is 25.9 Å². The van der Waals surface area contributed by atoms with E-state index in [0.717, 1.165) is 43.6 Å². The maximum absolute atomic E-state index is 12.6. The minimum atomic E-state index is 0.0623. The third-order valence-corrected chi connectivity index (χ3v) is 5.57. The van der Waals surface area contributed by atoms with Gasteiger partial charge in [-0.15, -0.1) is 0 Å². The van der Waals surface area contributed by atoms with Crippen LogP contribution in [-0.4, -0.2) is 60.8 Å². The summed E-state index contributed by atoms with van der Waals surface area (Å²) in [6.45, 7) is 3.28. The van der Waals surface area contributed by atoms with Crippen molar-refractivity contribution in [1.82, 2.24) is 29.4 Å². The van der Waals surface area contributed by atoms with Crippen LogP contribution in [0.3, 0.4) is 0 Å². The van der Waals surface area contributed by atoms with Crippen molar-refractivity contribution in [2.75, 3.05) is 19.6 Å². The van der Waals surface area contributed by atoms with Crippen LogP contribution in [-0.2, 0) is 42.6 Å². The second-order valence-electron chi connectivity index (χ2n) is 7.35. The highest BCUT2D eigenvalue weighted by molar-refractivity contribution is 5.77. The molecule has 4 heterocycles. The molecular weight excluding hydrogens is 344 g/mol. The molecule has 1 saturated heterocycles. The Kier molecular flexibility index (Phi) is 4.96. The Morgan fingerprint density at radius 2 is 1.93 bits per heavy atom. The summed E-state index contributed by atoms with van der Waals surface area (Å²) < 4.78 is 3.57. The van der Waals surface area contributed by atoms with Crippen LogP contribution in [0.4, 0.5) is 0 Å². The van der Waals surface area contributed by atoms with Crippen molar-refractivity contribution in [3.63, 3.8) is 0 Å². The van der Waals surface area contributed by atoms with Crippen LogP contribution >= 0.6 is 0 Å². The number of rotatable bonds is 5. The molecule has 0 aliphatic carbocycles. The van der Waals surface area contributed by atoms with E-state index in [1.165, 1.54) is 5.69 Å². The topological polar surface area (TPSA) is 76.3 Å². The Labute approximate surface area is 158 Å². The van der Waals surface area contributed by atoms with Crippen molar-refractivity contribution in [2.24, 2.45) is 7.05 Å². The number of carbonyl (C=O) groups excluding carboxylic acids is 2. The molecule has 8 heteroatoms. The molecule has 2 aliphatic rings. The summed E-state index contributed by atoms with van der Waals surface area (Å²) in [4.78, 5) is 28.8. The third-order valence-electron chi connectivity index (χ3n) is 5.57. The van der Waals surface area contributed by atoms with E-state index >= 15 is 0 Å². The van der Waals surface area contributed by atoms with Gasteiger partial charge >= 0.3 is 0 Å². The summed E-state index contributed by atoms with van der Waals surface area (Å²) in [5, 5.41) is 8.76. The predicted octanol–water partition coefficient (Wildman–Crippen LogP) is 0.757. The number of amides is 2. The first-order valence-electron chi connectivity index (χ1n) is 9.68. The number of carbonyl (C=O) groups is 2. The van der Waals surface area contributed by atoms with Gasteiger partial charge in [-0.1, -0.05) is 0 Å². The zero-order chi connectivity index (χ0) is 18.8. The van der Waals surface area contributed by atoms with Crippen LogP contribution in [0.25, 0.3) is 0 Å². The number of aromatic nitrogens is 4. The largest absolute Gasteiger partial charge is 0.343 e. The quantitative estimate of drug-likeness (QED) is 0.779. The molecule has 2 aromatic heterocycles. The maximum Gasteiger partial charge on any atom is 0.244 e. The minimum absolute atomic E-state index is 0.0623. The molecular formula is C19H26N6O2. The minimum Gasteiger partial charge on any atom is -0.343 e. The summed E-state index contributed by atoms with van der Waals surface area (Å²) in [6.07, 6.45) is 7.62. The van der Waals surface area contributed by atoms with E-state index < -0.39 is 0 Å². The molecule has 0 bridgehead atoms. The van der Waals surface area contributed by atoms with Gasteiger partial charge < -0.3 is 9.80 Å². The van der Waals surface area contributed by atoms with Gasteiger partial charge in [0.25, 0.3) is 0 Å². The second kappa shape index (κ2) is 7.54. The molecule has 144 valence electrons. The zero-order valence-electron chi connectivity index (χ0n) is 15.8. The number of hydrogen-bond acceptors (Lipinski definition) is 4. The molecule has 0 unspecified atom stereocenters. The lowest BCUT2D eigenvalue weighted by Crippen LogP contribution is -2.38. The molecule has 0 aromatic carbocycles. The second-order valence-corrected chi connectivity index (χ2v) is 7.35. The summed E-state index contributed by atoms with van der Waals surface area (Å²) in [5.74, 6) is 0.279. The Hall–Kier alpha value is -2.64. The van der Waals surface area contributed by atoms with Gasteiger partial charge in [0.15, 0.2) is 0 Å². The Bertz CT molecular complexity index is 820. The Morgan fingerprint density at radius 3 is 2.67 bits per heavy atom. The van der Waals surface area contributed by atoms with Crippen molar-refractivity contribution >= 4 is 11.8 Å². The van der Waals surface area contributed by atoms with E-state index in [2.05, 4.69) is 10.2 Å². The number of likely N-dealkylation sites (tertiary alicyclic amines) is 1. The fourth-order valence-corrected chi connectivity index (χ4v) is 4.07. The molecule has 2 amide bonds. The lowest BCUT2D eigenvalue weighted by atomic mass is 10.0. The number of fused-ring (bicyclic) bond motifs is 1. The van der Waals surface area contributed by atoms with Gasteiger partial charge in [0.1, 0.15) is 6.54 Å². The van der Waals surface area contributed by atoms with Crippen LogP contribution in [0.15, 0.2) is 18.5 Å². The Balaban J connectivity index is 1.42. The van der Waals surface area contributed by atoms with Crippen LogP contribution in [0.2, 0.25) is 0 Å². The van der Waals surface area contributed by atoms with Gasteiger partial charge in [-0.3, -0.25) is 19.0 Å². The molecule has 27 heavy (non-hydrogen) atoms. The van der Waals surface area contributed by atoms with Gasteiger partial charge in [-0.2, -0.15) is 10.2 Å². The monoisotopic (exact) mass is 370 g/mol. The summed E-state index contributed by atoms with van der Waals surface area (Å²) in [5.41, 5.74) is 3.25. The van der Waals surface area contributed by atoms with Crippen molar-refractivity contribution in [2.45, 2.75) is 45.2 Å². The Morgan fingerprint density at radius 1 is 1.11 bits per heavy atom. The first kappa shape index (κ1) is 17.8. The number of hydrogen-bond donors (Lipinski definition) is 0. The van der Waals surface area contributed by atoms with Crippen molar-refractivity contribution < 1.29 is 9.59 Å². The maximum atomic E-state index is 12.6. The molecule has 0 N–H and O–H groups in total. The van der Waals surface area contributed by atoms with Crippen LogP contribution in [0.5, 0.6) is 0 Å². The van der Waals surface area contributed by atoms with E-state index in [-0.39, 0.29) is 18.4 Å². The highest BCUT2D eigenvalue weighted by atomic mass is 16.2. The standard InChI is InChI=1S/C19H26N6O2/c1-22-17-7-12-24(19(27)14-25-11-4-8-20-25)13-15(17)16(21-22)5-6-18(26)23-9-2-3-10-23/h4,8,11H,2-3,5-7,9-10,12-14H2,1H3. The molecule has 0 atom stereocenters. The van der Waals surface area contributed by atoms with Crippen LogP contribution in [0, 0.1) is 0 Å². The normalized spacial score (nSPS) is 16.6. The lowest BCUT2D eigenvalue weighted by Gasteiger charge is -2.27. The van der Waals surface area contributed by atoms with Crippen molar-refractivity contribution in [3.8, 4) is 0 Å². The van der Waals surface area contributed by atoms with Crippen molar-refractivity contribution in [3.05, 3.63) is 35.4 Å². The van der Waals surface area contributed by atoms with Crippen LogP contribution in [0.1, 0.15) is 36.2 Å². The zero-order valence-corrected chi connectivity index (χ0v) is 15.8. The molecule has 4 rings (SSSR count). The molecule has 1 fully saturated rings. The highest BCUT2D eigenvalue weighted by Crippen LogP contribution is 2.24.